The number of rotatable bonds is 7. The Labute approximate surface area is 184 Å². The number of hydrogen-bond donors (Lipinski definition) is 2. The first-order valence-electron chi connectivity index (χ1n) is 8.14. The molecule has 0 aliphatic heterocycles. The number of benzene rings is 1. The molecule has 0 unspecified atom stereocenters. The third kappa shape index (κ3) is 8.26. The van der Waals surface area contributed by atoms with Gasteiger partial charge in [-0.25, -0.2) is 4.99 Å². The monoisotopic (exact) mass is 553 g/mol. The molecule has 9 heteroatoms. The van der Waals surface area contributed by atoms with Crippen molar-refractivity contribution in [1.82, 2.24) is 20.8 Å². The van der Waals surface area contributed by atoms with Crippen molar-refractivity contribution >= 4 is 57.6 Å². The van der Waals surface area contributed by atoms with Gasteiger partial charge < -0.3 is 15.2 Å². The van der Waals surface area contributed by atoms with Crippen molar-refractivity contribution in [3.63, 3.8) is 0 Å². The van der Waals surface area contributed by atoms with Gasteiger partial charge in [-0.3, -0.25) is 0 Å². The molecule has 0 saturated carbocycles. The molecule has 144 valence electrons. The summed E-state index contributed by atoms with van der Waals surface area (Å²) in [7, 11) is 0. The molecule has 6 nitrogen and oxygen atoms in total. The zero-order chi connectivity index (χ0) is 18.3. The molecule has 2 rings (SSSR count). The van der Waals surface area contributed by atoms with Gasteiger partial charge in [0.25, 0.3) is 0 Å². The van der Waals surface area contributed by atoms with Crippen LogP contribution in [0.15, 0.2) is 43.1 Å². The van der Waals surface area contributed by atoms with E-state index in [1.165, 1.54) is 4.90 Å². The molecule has 0 fully saturated rings. The van der Waals surface area contributed by atoms with Crippen LogP contribution in [0.2, 0.25) is 0 Å². The SMILES string of the molecule is CCNC(=NCc1noc(C)n1)NCC(C)(C)Sc1ccc(Br)cc1.I. The molecule has 0 radical (unpaired) electrons. The fourth-order valence-corrected chi connectivity index (χ4v) is 3.37. The topological polar surface area (TPSA) is 75.3 Å². The number of guanidine groups is 1. The van der Waals surface area contributed by atoms with E-state index in [2.05, 4.69) is 79.8 Å². The maximum Gasteiger partial charge on any atom is 0.223 e. The Morgan fingerprint density at radius 1 is 1.27 bits per heavy atom. The molecular formula is C17H25BrIN5OS. The number of aliphatic imine (C=N–C) groups is 1. The van der Waals surface area contributed by atoms with E-state index >= 15 is 0 Å². The molecular weight excluding hydrogens is 529 g/mol. The molecule has 0 aliphatic carbocycles. The summed E-state index contributed by atoms with van der Waals surface area (Å²) in [4.78, 5) is 9.91. The molecule has 26 heavy (non-hydrogen) atoms. The molecule has 0 saturated heterocycles. The van der Waals surface area contributed by atoms with Crippen LogP contribution in [0.4, 0.5) is 0 Å². The molecule has 0 aliphatic rings. The zero-order valence-corrected chi connectivity index (χ0v) is 20.1. The predicted molar refractivity (Wildman–Crippen MR) is 121 cm³/mol. The fourth-order valence-electron chi connectivity index (χ4n) is 2.05. The van der Waals surface area contributed by atoms with E-state index in [-0.39, 0.29) is 28.7 Å². The van der Waals surface area contributed by atoms with Crippen molar-refractivity contribution in [2.45, 2.75) is 43.9 Å². The van der Waals surface area contributed by atoms with E-state index in [1.54, 1.807) is 6.92 Å². The summed E-state index contributed by atoms with van der Waals surface area (Å²) in [5, 5.41) is 10.5. The zero-order valence-electron chi connectivity index (χ0n) is 15.4. The van der Waals surface area contributed by atoms with Gasteiger partial charge in [0.15, 0.2) is 11.8 Å². The first kappa shape index (κ1) is 23.2. The molecule has 1 heterocycles. The van der Waals surface area contributed by atoms with Crippen molar-refractivity contribution in [2.24, 2.45) is 4.99 Å². The first-order chi connectivity index (χ1) is 11.9. The lowest BCUT2D eigenvalue weighted by atomic mass is 10.2. The Morgan fingerprint density at radius 3 is 2.54 bits per heavy atom. The van der Waals surface area contributed by atoms with Gasteiger partial charge in [0.2, 0.25) is 5.89 Å². The van der Waals surface area contributed by atoms with Crippen molar-refractivity contribution in [3.05, 3.63) is 40.5 Å². The Bertz CT molecular complexity index is 705. The Balaban J connectivity index is 0.00000338. The van der Waals surface area contributed by atoms with Gasteiger partial charge >= 0.3 is 0 Å². The summed E-state index contributed by atoms with van der Waals surface area (Å²) in [6, 6.07) is 8.36. The number of hydrogen-bond acceptors (Lipinski definition) is 5. The second-order valence-electron chi connectivity index (χ2n) is 6.09. The number of nitrogens with one attached hydrogen (secondary N) is 2. The first-order valence-corrected chi connectivity index (χ1v) is 9.75. The van der Waals surface area contributed by atoms with Crippen LogP contribution in [0.3, 0.4) is 0 Å². The summed E-state index contributed by atoms with van der Waals surface area (Å²) in [6.45, 7) is 10.2. The minimum atomic E-state index is 0. The van der Waals surface area contributed by atoms with Crippen molar-refractivity contribution in [2.75, 3.05) is 13.1 Å². The van der Waals surface area contributed by atoms with Crippen molar-refractivity contribution < 1.29 is 4.52 Å². The molecule has 1 aromatic heterocycles. The van der Waals surface area contributed by atoms with Gasteiger partial charge in [-0.1, -0.05) is 21.1 Å². The number of aryl methyl sites for hydroxylation is 1. The average molecular weight is 554 g/mol. The van der Waals surface area contributed by atoms with Gasteiger partial charge in [-0.05, 0) is 45.0 Å². The highest BCUT2D eigenvalue weighted by Crippen LogP contribution is 2.32. The minimum Gasteiger partial charge on any atom is -0.357 e. The van der Waals surface area contributed by atoms with Crippen LogP contribution in [0.1, 0.15) is 32.5 Å². The summed E-state index contributed by atoms with van der Waals surface area (Å²) < 4.78 is 6.06. The van der Waals surface area contributed by atoms with Crippen molar-refractivity contribution in [1.29, 1.82) is 0 Å². The lowest BCUT2D eigenvalue weighted by molar-refractivity contribution is 0.387. The van der Waals surface area contributed by atoms with Crippen LogP contribution in [-0.2, 0) is 6.54 Å². The van der Waals surface area contributed by atoms with E-state index in [0.717, 1.165) is 23.5 Å². The number of nitrogens with zero attached hydrogens (tertiary/aromatic N) is 3. The van der Waals surface area contributed by atoms with Crippen LogP contribution < -0.4 is 10.6 Å². The van der Waals surface area contributed by atoms with Gasteiger partial charge in [0.1, 0.15) is 6.54 Å². The second kappa shape index (κ2) is 11.1. The number of aromatic nitrogens is 2. The number of thioether (sulfide) groups is 1. The second-order valence-corrected chi connectivity index (χ2v) is 8.79. The van der Waals surface area contributed by atoms with E-state index < -0.39 is 0 Å². The molecule has 0 atom stereocenters. The molecule has 2 N–H and O–H groups in total. The summed E-state index contributed by atoms with van der Waals surface area (Å²) in [5.74, 6) is 1.88. The van der Waals surface area contributed by atoms with E-state index in [4.69, 9.17) is 4.52 Å². The summed E-state index contributed by atoms with van der Waals surface area (Å²) in [6.07, 6.45) is 0. The maximum atomic E-state index is 4.97. The van der Waals surface area contributed by atoms with Crippen molar-refractivity contribution in [3.8, 4) is 0 Å². The van der Waals surface area contributed by atoms with Crippen LogP contribution in [0.5, 0.6) is 0 Å². The Morgan fingerprint density at radius 2 is 1.96 bits per heavy atom. The quantitative estimate of drug-likeness (QED) is 0.229. The Kier molecular flexibility index (Phi) is 9.94. The molecule has 0 bridgehead atoms. The molecule has 2 aromatic rings. The van der Waals surface area contributed by atoms with E-state index in [9.17, 15) is 0 Å². The Hall–Kier alpha value is -0.810. The largest absolute Gasteiger partial charge is 0.357 e. The molecule has 0 amide bonds. The third-order valence-corrected chi connectivity index (χ3v) is 4.92. The smallest absolute Gasteiger partial charge is 0.223 e. The highest BCUT2D eigenvalue weighted by atomic mass is 127. The van der Waals surface area contributed by atoms with Crippen LogP contribution >= 0.6 is 51.7 Å². The van der Waals surface area contributed by atoms with Crippen LogP contribution in [0.25, 0.3) is 0 Å². The van der Waals surface area contributed by atoms with Gasteiger partial charge in [0.05, 0.1) is 0 Å². The molecule has 1 aromatic carbocycles. The maximum absolute atomic E-state index is 4.97. The lowest BCUT2D eigenvalue weighted by Crippen LogP contribution is -2.43. The highest BCUT2D eigenvalue weighted by Gasteiger charge is 2.20. The van der Waals surface area contributed by atoms with Crippen LogP contribution in [0, 0.1) is 6.92 Å². The van der Waals surface area contributed by atoms with E-state index in [0.29, 0.717) is 18.3 Å². The third-order valence-electron chi connectivity index (χ3n) is 3.18. The highest BCUT2D eigenvalue weighted by molar-refractivity contribution is 14.0. The lowest BCUT2D eigenvalue weighted by Gasteiger charge is -2.25. The predicted octanol–water partition coefficient (Wildman–Crippen LogP) is 4.38. The number of halogens is 2. The normalized spacial score (nSPS) is 11.8. The van der Waals surface area contributed by atoms with Crippen LogP contribution in [-0.4, -0.2) is 33.9 Å². The summed E-state index contributed by atoms with van der Waals surface area (Å²) in [5.41, 5.74) is 0. The standard InChI is InChI=1S/C17H24BrN5OS.HI/c1-5-19-16(20-10-15-22-12(2)24-23-15)21-11-17(3,4)25-14-8-6-13(18)7-9-14;/h6-9H,5,10-11H2,1-4H3,(H2,19,20,21);1H. The van der Waals surface area contributed by atoms with Gasteiger partial charge in [0, 0.05) is 34.1 Å². The molecule has 0 spiro atoms. The van der Waals surface area contributed by atoms with Gasteiger partial charge in [-0.15, -0.1) is 35.7 Å². The van der Waals surface area contributed by atoms with Gasteiger partial charge in [-0.2, -0.15) is 4.98 Å². The average Bonchev–Trinajstić information content (AvgIpc) is 2.98. The minimum absolute atomic E-state index is 0. The summed E-state index contributed by atoms with van der Waals surface area (Å²) >= 11 is 5.29. The fraction of sp³-hybridized carbons (Fsp3) is 0.471. The van der Waals surface area contributed by atoms with E-state index in [1.807, 2.05) is 18.7 Å².